The Morgan fingerprint density at radius 3 is 3.10 bits per heavy atom. The maximum Gasteiger partial charge on any atom is 0.245 e. The highest BCUT2D eigenvalue weighted by molar-refractivity contribution is 6.33. The molecule has 0 saturated carbocycles. The van der Waals surface area contributed by atoms with E-state index in [2.05, 4.69) is 15.2 Å². The van der Waals surface area contributed by atoms with E-state index >= 15 is 0 Å². The molecule has 5 nitrogen and oxygen atoms in total. The molecule has 1 atom stereocenters. The normalized spacial score (nSPS) is 19.4. The molecule has 1 aliphatic heterocycles. The highest BCUT2D eigenvalue weighted by atomic mass is 35.5. The molecule has 0 radical (unpaired) electrons. The molecule has 1 saturated heterocycles. The maximum absolute atomic E-state index is 13.5. The number of hydrogen-bond acceptors (Lipinski definition) is 4. The van der Waals surface area contributed by atoms with Crippen molar-refractivity contribution in [1.82, 2.24) is 15.2 Å². The van der Waals surface area contributed by atoms with Crippen LogP contribution < -0.4 is 10.6 Å². The van der Waals surface area contributed by atoms with Crippen LogP contribution >= 0.6 is 11.6 Å². The van der Waals surface area contributed by atoms with Crippen molar-refractivity contribution in [3.8, 4) is 11.4 Å². The Bertz CT molecular complexity index is 615. The molecular formula is C13H15ClFN5. The van der Waals surface area contributed by atoms with E-state index in [0.717, 1.165) is 25.9 Å². The predicted molar refractivity (Wildman–Crippen MR) is 76.2 cm³/mol. The third-order valence-corrected chi connectivity index (χ3v) is 3.81. The number of halogens is 2. The minimum Gasteiger partial charge on any atom is -0.338 e. The van der Waals surface area contributed by atoms with E-state index in [4.69, 9.17) is 17.3 Å². The summed E-state index contributed by atoms with van der Waals surface area (Å²) in [5.41, 5.74) is 6.45. The van der Waals surface area contributed by atoms with E-state index in [1.807, 2.05) is 4.90 Å². The third-order valence-electron chi connectivity index (χ3n) is 3.42. The van der Waals surface area contributed by atoms with Crippen molar-refractivity contribution in [2.75, 3.05) is 18.0 Å². The number of rotatable bonds is 2. The fourth-order valence-corrected chi connectivity index (χ4v) is 2.61. The molecule has 106 valence electrons. The van der Waals surface area contributed by atoms with Gasteiger partial charge in [0, 0.05) is 24.7 Å². The third kappa shape index (κ3) is 2.48. The van der Waals surface area contributed by atoms with Crippen LogP contribution in [0.15, 0.2) is 18.2 Å². The zero-order chi connectivity index (χ0) is 14.1. The molecule has 1 unspecified atom stereocenters. The lowest BCUT2D eigenvalue weighted by atomic mass is 10.1. The average Bonchev–Trinajstić information content (AvgIpc) is 2.91. The number of aromatic nitrogens is 3. The van der Waals surface area contributed by atoms with Gasteiger partial charge in [-0.25, -0.2) is 4.39 Å². The quantitative estimate of drug-likeness (QED) is 0.891. The van der Waals surface area contributed by atoms with Crippen LogP contribution in [0.5, 0.6) is 0 Å². The monoisotopic (exact) mass is 295 g/mol. The Balaban J connectivity index is 1.88. The summed E-state index contributed by atoms with van der Waals surface area (Å²) in [4.78, 5) is 6.42. The van der Waals surface area contributed by atoms with Gasteiger partial charge in [-0.2, -0.15) is 4.98 Å². The van der Waals surface area contributed by atoms with E-state index in [0.29, 0.717) is 17.3 Å². The van der Waals surface area contributed by atoms with Gasteiger partial charge in [-0.15, -0.1) is 5.10 Å². The standard InChI is InChI=1S/C13H15ClFN5/c14-11-9(4-1-5-10(11)15)12-17-13(19-18-12)20-6-2-3-8(16)7-20/h1,4-5,8H,2-3,6-7,16H2,(H,17,18,19). The zero-order valence-electron chi connectivity index (χ0n) is 10.8. The van der Waals surface area contributed by atoms with Gasteiger partial charge in [0.25, 0.3) is 0 Å². The van der Waals surface area contributed by atoms with Crippen LogP contribution in [0, 0.1) is 5.82 Å². The molecule has 0 amide bonds. The van der Waals surface area contributed by atoms with Gasteiger partial charge in [-0.05, 0) is 25.0 Å². The molecule has 2 aromatic rings. The molecule has 0 bridgehead atoms. The molecule has 20 heavy (non-hydrogen) atoms. The summed E-state index contributed by atoms with van der Waals surface area (Å²) in [6.45, 7) is 1.61. The lowest BCUT2D eigenvalue weighted by Crippen LogP contribution is -2.43. The van der Waals surface area contributed by atoms with Crippen LogP contribution in [-0.2, 0) is 0 Å². The Labute approximate surface area is 120 Å². The van der Waals surface area contributed by atoms with E-state index in [-0.39, 0.29) is 11.1 Å². The molecule has 1 fully saturated rings. The maximum atomic E-state index is 13.5. The predicted octanol–water partition coefficient (Wildman–Crippen LogP) is 2.19. The summed E-state index contributed by atoms with van der Waals surface area (Å²) in [5, 5.41) is 7.03. The van der Waals surface area contributed by atoms with Crippen molar-refractivity contribution >= 4 is 17.5 Å². The number of benzene rings is 1. The summed E-state index contributed by atoms with van der Waals surface area (Å²) in [6, 6.07) is 4.75. The molecule has 2 heterocycles. The second-order valence-electron chi connectivity index (χ2n) is 4.93. The number of hydrogen-bond donors (Lipinski definition) is 2. The summed E-state index contributed by atoms with van der Waals surface area (Å²) in [6.07, 6.45) is 2.04. The molecule has 0 aliphatic carbocycles. The number of nitrogens with zero attached hydrogens (tertiary/aromatic N) is 3. The lowest BCUT2D eigenvalue weighted by Gasteiger charge is -2.29. The number of anilines is 1. The van der Waals surface area contributed by atoms with Crippen molar-refractivity contribution in [2.45, 2.75) is 18.9 Å². The van der Waals surface area contributed by atoms with Crippen molar-refractivity contribution < 1.29 is 4.39 Å². The highest BCUT2D eigenvalue weighted by Crippen LogP contribution is 2.28. The van der Waals surface area contributed by atoms with Crippen LogP contribution in [0.2, 0.25) is 5.02 Å². The van der Waals surface area contributed by atoms with Gasteiger partial charge in [0.05, 0.1) is 5.02 Å². The van der Waals surface area contributed by atoms with Gasteiger partial charge in [0.15, 0.2) is 5.82 Å². The Morgan fingerprint density at radius 2 is 2.30 bits per heavy atom. The zero-order valence-corrected chi connectivity index (χ0v) is 11.6. The van der Waals surface area contributed by atoms with Crippen molar-refractivity contribution in [3.63, 3.8) is 0 Å². The number of nitrogens with two attached hydrogens (primary N) is 1. The topological polar surface area (TPSA) is 70.8 Å². The van der Waals surface area contributed by atoms with Gasteiger partial charge >= 0.3 is 0 Å². The minimum absolute atomic E-state index is 0.0468. The second-order valence-corrected chi connectivity index (χ2v) is 5.31. The second kappa shape index (κ2) is 5.38. The van der Waals surface area contributed by atoms with Crippen LogP contribution in [0.25, 0.3) is 11.4 Å². The first-order valence-electron chi connectivity index (χ1n) is 6.52. The summed E-state index contributed by atoms with van der Waals surface area (Å²) >= 11 is 5.95. The molecule has 3 N–H and O–H groups in total. The first-order chi connectivity index (χ1) is 9.65. The number of nitrogens with one attached hydrogen (secondary N) is 1. The van der Waals surface area contributed by atoms with Crippen LogP contribution in [0.3, 0.4) is 0 Å². The average molecular weight is 296 g/mol. The number of H-pyrrole nitrogens is 1. The molecule has 7 heteroatoms. The van der Waals surface area contributed by atoms with E-state index in [9.17, 15) is 4.39 Å². The number of piperidine rings is 1. The van der Waals surface area contributed by atoms with Gasteiger partial charge in [0.1, 0.15) is 5.82 Å². The lowest BCUT2D eigenvalue weighted by molar-refractivity contribution is 0.500. The summed E-state index contributed by atoms with van der Waals surface area (Å²) in [7, 11) is 0. The molecule has 1 aliphatic rings. The van der Waals surface area contributed by atoms with Crippen LogP contribution in [-0.4, -0.2) is 34.3 Å². The Hall–Kier alpha value is -1.66. The van der Waals surface area contributed by atoms with E-state index in [1.54, 1.807) is 12.1 Å². The number of aromatic amines is 1. The first kappa shape index (κ1) is 13.3. The molecule has 1 aromatic carbocycles. The van der Waals surface area contributed by atoms with Gasteiger partial charge in [-0.3, -0.25) is 5.10 Å². The molecular weight excluding hydrogens is 281 g/mol. The fourth-order valence-electron chi connectivity index (χ4n) is 2.39. The Morgan fingerprint density at radius 1 is 1.45 bits per heavy atom. The fraction of sp³-hybridized carbons (Fsp3) is 0.385. The van der Waals surface area contributed by atoms with Crippen LogP contribution in [0.1, 0.15) is 12.8 Å². The molecule has 3 rings (SSSR count). The van der Waals surface area contributed by atoms with Crippen molar-refractivity contribution in [3.05, 3.63) is 29.0 Å². The smallest absolute Gasteiger partial charge is 0.245 e. The summed E-state index contributed by atoms with van der Waals surface area (Å²) < 4.78 is 13.5. The van der Waals surface area contributed by atoms with Gasteiger partial charge in [0.2, 0.25) is 5.95 Å². The van der Waals surface area contributed by atoms with Crippen molar-refractivity contribution in [1.29, 1.82) is 0 Å². The summed E-state index contributed by atoms with van der Waals surface area (Å²) in [5.74, 6) is 0.571. The first-order valence-corrected chi connectivity index (χ1v) is 6.90. The Kier molecular flexibility index (Phi) is 3.58. The largest absolute Gasteiger partial charge is 0.338 e. The highest BCUT2D eigenvalue weighted by Gasteiger charge is 2.21. The van der Waals surface area contributed by atoms with Gasteiger partial charge in [-0.1, -0.05) is 17.7 Å². The molecule has 1 aromatic heterocycles. The molecule has 0 spiro atoms. The van der Waals surface area contributed by atoms with Gasteiger partial charge < -0.3 is 10.6 Å². The minimum atomic E-state index is -0.470. The SMILES string of the molecule is NC1CCCN(c2n[nH]c(-c3cccc(F)c3Cl)n2)C1. The van der Waals surface area contributed by atoms with E-state index < -0.39 is 5.82 Å². The van der Waals surface area contributed by atoms with E-state index in [1.165, 1.54) is 6.07 Å². The van der Waals surface area contributed by atoms with Crippen molar-refractivity contribution in [2.24, 2.45) is 5.73 Å². The van der Waals surface area contributed by atoms with Crippen LogP contribution in [0.4, 0.5) is 10.3 Å².